The van der Waals surface area contributed by atoms with Crippen molar-refractivity contribution in [2.75, 3.05) is 0 Å². The molecule has 1 aromatic rings. The van der Waals surface area contributed by atoms with Gasteiger partial charge in [-0.3, -0.25) is 10.1 Å². The fourth-order valence-electron chi connectivity index (χ4n) is 1.69. The predicted octanol–water partition coefficient (Wildman–Crippen LogP) is 3.24. The summed E-state index contributed by atoms with van der Waals surface area (Å²) in [5.74, 6) is -0.692. The summed E-state index contributed by atoms with van der Waals surface area (Å²) >= 11 is 1.75. The number of hydrogen-bond donors (Lipinski definition) is 2. The van der Waals surface area contributed by atoms with Gasteiger partial charge in [-0.1, -0.05) is 34.6 Å². The standard InChI is InChI=1S/C14H23NO2S/c1-9(2)12(13(16)17)15-8-10-6-7-11(18-10)14(3,4)5/h6-7,9,12,15H,8H2,1-5H3,(H,16,17)/t12-/m0/s1. The summed E-state index contributed by atoms with van der Waals surface area (Å²) in [6, 6.07) is 3.73. The van der Waals surface area contributed by atoms with Crippen molar-refractivity contribution < 1.29 is 9.90 Å². The molecular weight excluding hydrogens is 246 g/mol. The van der Waals surface area contributed by atoms with Crippen LogP contribution in [-0.2, 0) is 16.8 Å². The van der Waals surface area contributed by atoms with E-state index >= 15 is 0 Å². The van der Waals surface area contributed by atoms with Gasteiger partial charge in [0, 0.05) is 16.3 Å². The highest BCUT2D eigenvalue weighted by Crippen LogP contribution is 2.29. The van der Waals surface area contributed by atoms with Gasteiger partial charge >= 0.3 is 5.97 Å². The molecule has 0 bridgehead atoms. The number of nitrogens with one attached hydrogen (secondary N) is 1. The van der Waals surface area contributed by atoms with Crippen LogP contribution in [0.1, 0.15) is 44.4 Å². The van der Waals surface area contributed by atoms with Crippen molar-refractivity contribution in [3.8, 4) is 0 Å². The zero-order chi connectivity index (χ0) is 13.9. The largest absolute Gasteiger partial charge is 0.480 e. The molecule has 102 valence electrons. The van der Waals surface area contributed by atoms with Crippen LogP contribution in [0.15, 0.2) is 12.1 Å². The Kier molecular flexibility index (Phi) is 4.93. The van der Waals surface area contributed by atoms with E-state index in [0.717, 1.165) is 0 Å². The van der Waals surface area contributed by atoms with E-state index in [0.29, 0.717) is 6.54 Å². The van der Waals surface area contributed by atoms with Crippen LogP contribution >= 0.6 is 11.3 Å². The lowest BCUT2D eigenvalue weighted by atomic mass is 9.95. The molecule has 1 aromatic heterocycles. The number of carboxylic acid groups (broad SMARTS) is 1. The summed E-state index contributed by atoms with van der Waals surface area (Å²) < 4.78 is 0. The number of hydrogen-bond acceptors (Lipinski definition) is 3. The quantitative estimate of drug-likeness (QED) is 0.862. The van der Waals surface area contributed by atoms with Crippen molar-refractivity contribution in [2.45, 2.75) is 52.6 Å². The van der Waals surface area contributed by atoms with Gasteiger partial charge in [0.2, 0.25) is 0 Å². The molecule has 1 rings (SSSR count). The van der Waals surface area contributed by atoms with Crippen LogP contribution in [0.5, 0.6) is 0 Å². The molecular formula is C14H23NO2S. The topological polar surface area (TPSA) is 49.3 Å². The summed E-state index contributed by atoms with van der Waals surface area (Å²) in [4.78, 5) is 13.6. The van der Waals surface area contributed by atoms with Crippen molar-refractivity contribution in [1.82, 2.24) is 5.32 Å². The number of aliphatic carboxylic acids is 1. The van der Waals surface area contributed by atoms with E-state index in [9.17, 15) is 4.79 Å². The molecule has 0 amide bonds. The van der Waals surface area contributed by atoms with Crippen molar-refractivity contribution in [3.05, 3.63) is 21.9 Å². The molecule has 0 aliphatic carbocycles. The maximum atomic E-state index is 11.1. The fraction of sp³-hybridized carbons (Fsp3) is 0.643. The molecule has 0 fully saturated rings. The van der Waals surface area contributed by atoms with E-state index in [-0.39, 0.29) is 11.3 Å². The van der Waals surface area contributed by atoms with Crippen LogP contribution in [0.25, 0.3) is 0 Å². The summed E-state index contributed by atoms with van der Waals surface area (Å²) in [5.41, 5.74) is 0.160. The van der Waals surface area contributed by atoms with Crippen LogP contribution in [0.3, 0.4) is 0 Å². The molecule has 1 atom stereocenters. The van der Waals surface area contributed by atoms with Gasteiger partial charge in [0.05, 0.1) is 0 Å². The lowest BCUT2D eigenvalue weighted by molar-refractivity contribution is -0.140. The van der Waals surface area contributed by atoms with Gasteiger partial charge in [-0.15, -0.1) is 11.3 Å². The van der Waals surface area contributed by atoms with Crippen molar-refractivity contribution in [2.24, 2.45) is 5.92 Å². The van der Waals surface area contributed by atoms with Crippen molar-refractivity contribution in [1.29, 1.82) is 0 Å². The minimum absolute atomic E-state index is 0.0875. The monoisotopic (exact) mass is 269 g/mol. The Morgan fingerprint density at radius 2 is 2.00 bits per heavy atom. The highest BCUT2D eigenvalue weighted by molar-refractivity contribution is 7.12. The minimum Gasteiger partial charge on any atom is -0.480 e. The lowest BCUT2D eigenvalue weighted by Crippen LogP contribution is -2.40. The van der Waals surface area contributed by atoms with Gasteiger partial charge in [-0.25, -0.2) is 0 Å². The molecule has 0 aliphatic heterocycles. The molecule has 1 heterocycles. The first-order valence-electron chi connectivity index (χ1n) is 6.27. The third-order valence-electron chi connectivity index (χ3n) is 2.83. The number of thiophene rings is 1. The van der Waals surface area contributed by atoms with Gasteiger partial charge in [-0.2, -0.15) is 0 Å². The van der Waals surface area contributed by atoms with E-state index < -0.39 is 12.0 Å². The Balaban J connectivity index is 2.63. The van der Waals surface area contributed by atoms with Gasteiger partial charge in [0.25, 0.3) is 0 Å². The average Bonchev–Trinajstić information content (AvgIpc) is 2.64. The molecule has 0 saturated carbocycles. The third kappa shape index (κ3) is 4.10. The van der Waals surface area contributed by atoms with Crippen LogP contribution in [0, 0.1) is 5.92 Å². The maximum Gasteiger partial charge on any atom is 0.320 e. The van der Waals surface area contributed by atoms with Gasteiger partial charge in [0.1, 0.15) is 6.04 Å². The van der Waals surface area contributed by atoms with E-state index in [2.05, 4.69) is 38.2 Å². The van der Waals surface area contributed by atoms with Gasteiger partial charge in [0.15, 0.2) is 0 Å². The molecule has 0 radical (unpaired) electrons. The second-order valence-electron chi connectivity index (χ2n) is 5.96. The Morgan fingerprint density at radius 3 is 2.39 bits per heavy atom. The molecule has 0 aromatic carbocycles. The van der Waals surface area contributed by atoms with E-state index in [1.165, 1.54) is 9.75 Å². The molecule has 18 heavy (non-hydrogen) atoms. The van der Waals surface area contributed by atoms with Crippen molar-refractivity contribution in [3.63, 3.8) is 0 Å². The van der Waals surface area contributed by atoms with Crippen LogP contribution in [0.2, 0.25) is 0 Å². The SMILES string of the molecule is CC(C)[C@H](NCc1ccc(C(C)(C)C)s1)C(=O)O. The third-order valence-corrected chi connectivity index (χ3v) is 4.34. The summed E-state index contributed by atoms with van der Waals surface area (Å²) in [6.07, 6.45) is 0. The fourth-order valence-corrected chi connectivity index (χ4v) is 2.71. The molecule has 0 saturated heterocycles. The Bertz CT molecular complexity index is 404. The minimum atomic E-state index is -0.780. The van der Waals surface area contributed by atoms with E-state index in [1.54, 1.807) is 11.3 Å². The summed E-state index contributed by atoms with van der Waals surface area (Å²) in [5, 5.41) is 12.2. The lowest BCUT2D eigenvalue weighted by Gasteiger charge is -2.17. The first kappa shape index (κ1) is 15.2. The molecule has 4 heteroatoms. The normalized spacial score (nSPS) is 13.9. The smallest absolute Gasteiger partial charge is 0.320 e. The first-order chi connectivity index (χ1) is 8.21. The van der Waals surface area contributed by atoms with Gasteiger partial charge < -0.3 is 5.11 Å². The zero-order valence-corrected chi connectivity index (χ0v) is 12.6. The molecule has 2 N–H and O–H groups in total. The molecule has 0 unspecified atom stereocenters. The summed E-state index contributed by atoms with van der Waals surface area (Å²) in [7, 11) is 0. The van der Waals surface area contributed by atoms with E-state index in [1.807, 2.05) is 13.8 Å². The Hall–Kier alpha value is -0.870. The first-order valence-corrected chi connectivity index (χ1v) is 7.09. The molecule has 0 spiro atoms. The average molecular weight is 269 g/mol. The highest BCUT2D eigenvalue weighted by Gasteiger charge is 2.21. The molecule has 0 aliphatic rings. The van der Waals surface area contributed by atoms with Gasteiger partial charge in [-0.05, 0) is 23.5 Å². The number of carbonyl (C=O) groups is 1. The predicted molar refractivity (Wildman–Crippen MR) is 76.1 cm³/mol. The maximum absolute atomic E-state index is 11.1. The summed E-state index contributed by atoms with van der Waals surface area (Å²) in [6.45, 7) is 11.0. The zero-order valence-electron chi connectivity index (χ0n) is 11.8. The van der Waals surface area contributed by atoms with E-state index in [4.69, 9.17) is 5.11 Å². The van der Waals surface area contributed by atoms with Crippen molar-refractivity contribution >= 4 is 17.3 Å². The second kappa shape index (κ2) is 5.85. The molecule has 3 nitrogen and oxygen atoms in total. The van der Waals surface area contributed by atoms with Crippen LogP contribution in [0.4, 0.5) is 0 Å². The Morgan fingerprint density at radius 1 is 1.39 bits per heavy atom. The second-order valence-corrected chi connectivity index (χ2v) is 7.13. The number of rotatable bonds is 5. The number of carboxylic acids is 1. The van der Waals surface area contributed by atoms with Crippen LogP contribution < -0.4 is 5.32 Å². The Labute approximate surface area is 113 Å². The highest BCUT2D eigenvalue weighted by atomic mass is 32.1. The van der Waals surface area contributed by atoms with Crippen LogP contribution in [-0.4, -0.2) is 17.1 Å².